The zero-order valence-corrected chi connectivity index (χ0v) is 10.7. The van der Waals surface area contributed by atoms with Crippen molar-refractivity contribution < 1.29 is 0 Å². The third-order valence-corrected chi connectivity index (χ3v) is 3.29. The number of rotatable bonds is 8. The van der Waals surface area contributed by atoms with E-state index >= 15 is 0 Å². The molecule has 0 fully saturated rings. The topological polar surface area (TPSA) is 38.0 Å². The first-order valence-electron chi connectivity index (χ1n) is 6.45. The molecule has 0 bridgehead atoms. The number of hydrazine groups is 1. The summed E-state index contributed by atoms with van der Waals surface area (Å²) in [5.41, 5.74) is 4.35. The molecule has 0 spiro atoms. The van der Waals surface area contributed by atoms with E-state index in [1.165, 1.54) is 5.56 Å². The predicted octanol–water partition coefficient (Wildman–Crippen LogP) is 3.37. The minimum Gasteiger partial charge on any atom is -0.271 e. The second-order valence-corrected chi connectivity index (χ2v) is 4.42. The quantitative estimate of drug-likeness (QED) is 0.312. The minimum atomic E-state index is 0.349. The maximum absolute atomic E-state index is 5.69. The van der Waals surface area contributed by atoms with Crippen molar-refractivity contribution in [2.75, 3.05) is 0 Å². The highest BCUT2D eigenvalue weighted by atomic mass is 15.2. The summed E-state index contributed by atoms with van der Waals surface area (Å²) in [6.45, 7) is 5.97. The van der Waals surface area contributed by atoms with Crippen LogP contribution >= 0.6 is 0 Å². The number of nitrogens with one attached hydrogen (secondary N) is 1. The van der Waals surface area contributed by atoms with Gasteiger partial charge in [-0.15, -0.1) is 6.58 Å². The summed E-state index contributed by atoms with van der Waals surface area (Å²) < 4.78 is 0. The van der Waals surface area contributed by atoms with E-state index in [4.69, 9.17) is 5.84 Å². The van der Waals surface area contributed by atoms with Crippen molar-refractivity contribution in [2.24, 2.45) is 5.84 Å². The average Bonchev–Trinajstić information content (AvgIpc) is 2.39. The first kappa shape index (κ1) is 13.9. The van der Waals surface area contributed by atoms with Crippen molar-refractivity contribution >= 4 is 0 Å². The van der Waals surface area contributed by atoms with Gasteiger partial charge in [0.2, 0.25) is 0 Å². The molecule has 2 unspecified atom stereocenters. The Morgan fingerprint density at radius 3 is 2.59 bits per heavy atom. The van der Waals surface area contributed by atoms with Crippen LogP contribution in [0, 0.1) is 0 Å². The van der Waals surface area contributed by atoms with E-state index in [0.717, 1.165) is 25.7 Å². The summed E-state index contributed by atoms with van der Waals surface area (Å²) in [4.78, 5) is 0. The molecule has 2 atom stereocenters. The molecule has 0 amide bonds. The van der Waals surface area contributed by atoms with Crippen LogP contribution in [0.4, 0.5) is 0 Å². The summed E-state index contributed by atoms with van der Waals surface area (Å²) >= 11 is 0. The number of hydrogen-bond donors (Lipinski definition) is 2. The van der Waals surface area contributed by atoms with Crippen molar-refractivity contribution in [1.29, 1.82) is 0 Å². The molecule has 2 heteroatoms. The second-order valence-electron chi connectivity index (χ2n) is 4.42. The highest BCUT2D eigenvalue weighted by Gasteiger charge is 2.19. The van der Waals surface area contributed by atoms with Crippen LogP contribution in [0.2, 0.25) is 0 Å². The smallest absolute Gasteiger partial charge is 0.0279 e. The summed E-state index contributed by atoms with van der Waals surface area (Å²) in [5.74, 6) is 6.18. The molecule has 0 saturated heterocycles. The molecular weight excluding hydrogens is 208 g/mol. The zero-order chi connectivity index (χ0) is 12.5. The molecule has 0 aliphatic carbocycles. The molecule has 0 aromatic heterocycles. The first-order chi connectivity index (χ1) is 8.33. The molecule has 0 aliphatic rings. The van der Waals surface area contributed by atoms with Crippen molar-refractivity contribution in [3.63, 3.8) is 0 Å². The standard InChI is InChI=1S/C15H24N2/c1-3-5-7-12-15(17-16)14(4-2)13-10-8-6-9-11-13/h3,6,8-11,14-15,17H,1,4-5,7,12,16H2,2H3. The third-order valence-electron chi connectivity index (χ3n) is 3.29. The van der Waals surface area contributed by atoms with Gasteiger partial charge in [0.15, 0.2) is 0 Å². The van der Waals surface area contributed by atoms with E-state index in [0.29, 0.717) is 12.0 Å². The second kappa shape index (κ2) is 8.04. The lowest BCUT2D eigenvalue weighted by Crippen LogP contribution is -2.39. The van der Waals surface area contributed by atoms with Crippen LogP contribution in [-0.4, -0.2) is 6.04 Å². The van der Waals surface area contributed by atoms with Crippen LogP contribution in [0.25, 0.3) is 0 Å². The molecule has 94 valence electrons. The molecule has 17 heavy (non-hydrogen) atoms. The number of hydrogen-bond acceptors (Lipinski definition) is 2. The van der Waals surface area contributed by atoms with E-state index in [9.17, 15) is 0 Å². The first-order valence-corrected chi connectivity index (χ1v) is 6.45. The van der Waals surface area contributed by atoms with Gasteiger partial charge in [-0.2, -0.15) is 0 Å². The normalized spacial score (nSPS) is 14.2. The van der Waals surface area contributed by atoms with Gasteiger partial charge in [0.1, 0.15) is 0 Å². The number of nitrogens with two attached hydrogens (primary N) is 1. The molecule has 1 aromatic rings. The Balaban J connectivity index is 2.66. The van der Waals surface area contributed by atoms with Crippen molar-refractivity contribution in [1.82, 2.24) is 5.43 Å². The van der Waals surface area contributed by atoms with Gasteiger partial charge in [-0.25, -0.2) is 0 Å². The lowest BCUT2D eigenvalue weighted by molar-refractivity contribution is 0.398. The van der Waals surface area contributed by atoms with Gasteiger partial charge < -0.3 is 0 Å². The molecular formula is C15H24N2. The Labute approximate surface area is 105 Å². The molecule has 0 heterocycles. The summed E-state index contributed by atoms with van der Waals surface area (Å²) in [6, 6.07) is 11.0. The number of allylic oxidation sites excluding steroid dienone is 1. The maximum Gasteiger partial charge on any atom is 0.0279 e. The van der Waals surface area contributed by atoms with Gasteiger partial charge in [-0.05, 0) is 31.2 Å². The third kappa shape index (κ3) is 4.33. The van der Waals surface area contributed by atoms with Crippen LogP contribution in [0.3, 0.4) is 0 Å². The lowest BCUT2D eigenvalue weighted by atomic mass is 9.87. The van der Waals surface area contributed by atoms with Crippen molar-refractivity contribution in [2.45, 2.75) is 44.6 Å². The van der Waals surface area contributed by atoms with E-state index < -0.39 is 0 Å². The summed E-state index contributed by atoms with van der Waals surface area (Å²) in [5, 5.41) is 0. The fraction of sp³-hybridized carbons (Fsp3) is 0.467. The molecule has 0 aliphatic heterocycles. The predicted molar refractivity (Wildman–Crippen MR) is 74.6 cm³/mol. The Morgan fingerprint density at radius 1 is 1.35 bits per heavy atom. The van der Waals surface area contributed by atoms with Crippen molar-refractivity contribution in [3.8, 4) is 0 Å². The Kier molecular flexibility index (Phi) is 6.60. The molecule has 0 radical (unpaired) electrons. The van der Waals surface area contributed by atoms with E-state index in [1.54, 1.807) is 0 Å². The Bertz CT molecular complexity index is 308. The van der Waals surface area contributed by atoms with Crippen LogP contribution in [0.1, 0.15) is 44.1 Å². The summed E-state index contributed by atoms with van der Waals surface area (Å²) in [6.07, 6.45) is 6.37. The Hall–Kier alpha value is -1.12. The molecule has 0 saturated carbocycles. The fourth-order valence-electron chi connectivity index (χ4n) is 2.34. The number of benzene rings is 1. The lowest BCUT2D eigenvalue weighted by Gasteiger charge is -2.26. The van der Waals surface area contributed by atoms with Gasteiger partial charge in [-0.3, -0.25) is 11.3 Å². The van der Waals surface area contributed by atoms with Gasteiger partial charge >= 0.3 is 0 Å². The highest BCUT2D eigenvalue weighted by molar-refractivity contribution is 5.21. The highest BCUT2D eigenvalue weighted by Crippen LogP contribution is 2.25. The maximum atomic E-state index is 5.69. The molecule has 1 rings (SSSR count). The van der Waals surface area contributed by atoms with E-state index in [2.05, 4.69) is 49.3 Å². The van der Waals surface area contributed by atoms with Gasteiger partial charge in [-0.1, -0.05) is 43.3 Å². The largest absolute Gasteiger partial charge is 0.271 e. The SMILES string of the molecule is C=CCCCC(NN)C(CC)c1ccccc1. The number of unbranched alkanes of at least 4 members (excludes halogenated alkanes) is 1. The van der Waals surface area contributed by atoms with Gasteiger partial charge in [0, 0.05) is 12.0 Å². The summed E-state index contributed by atoms with van der Waals surface area (Å²) in [7, 11) is 0. The van der Waals surface area contributed by atoms with E-state index in [1.807, 2.05) is 6.08 Å². The van der Waals surface area contributed by atoms with Crippen LogP contribution in [0.15, 0.2) is 43.0 Å². The van der Waals surface area contributed by atoms with Crippen LogP contribution in [-0.2, 0) is 0 Å². The van der Waals surface area contributed by atoms with E-state index in [-0.39, 0.29) is 0 Å². The van der Waals surface area contributed by atoms with Crippen LogP contribution < -0.4 is 11.3 Å². The molecule has 1 aromatic carbocycles. The van der Waals surface area contributed by atoms with Crippen molar-refractivity contribution in [3.05, 3.63) is 48.6 Å². The minimum absolute atomic E-state index is 0.349. The zero-order valence-electron chi connectivity index (χ0n) is 10.7. The van der Waals surface area contributed by atoms with Gasteiger partial charge in [0.25, 0.3) is 0 Å². The average molecular weight is 232 g/mol. The monoisotopic (exact) mass is 232 g/mol. The molecule has 3 N–H and O–H groups in total. The molecule has 2 nitrogen and oxygen atoms in total. The van der Waals surface area contributed by atoms with Crippen LogP contribution in [0.5, 0.6) is 0 Å². The van der Waals surface area contributed by atoms with Gasteiger partial charge in [0.05, 0.1) is 0 Å². The Morgan fingerprint density at radius 2 is 2.06 bits per heavy atom. The fourth-order valence-corrected chi connectivity index (χ4v) is 2.34.